The van der Waals surface area contributed by atoms with E-state index in [2.05, 4.69) is 15.5 Å². The zero-order chi connectivity index (χ0) is 10.7. The molecule has 1 rings (SSSR count). The molecular formula is C8H15N3O2S. The van der Waals surface area contributed by atoms with Crippen molar-refractivity contribution in [2.45, 2.75) is 38.1 Å². The fourth-order valence-corrected chi connectivity index (χ4v) is 2.91. The van der Waals surface area contributed by atoms with E-state index in [1.165, 1.54) is 0 Å². The smallest absolute Gasteiger partial charge is 0.203 e. The third-order valence-electron chi connectivity index (χ3n) is 2.34. The van der Waals surface area contributed by atoms with E-state index in [1.807, 2.05) is 0 Å². The monoisotopic (exact) mass is 217 g/mol. The molecular weight excluding hydrogens is 202 g/mol. The third kappa shape index (κ3) is 2.67. The first-order valence-corrected chi connectivity index (χ1v) is 6.22. The third-order valence-corrected chi connectivity index (χ3v) is 3.66. The van der Waals surface area contributed by atoms with Crippen LogP contribution in [-0.4, -0.2) is 20.5 Å². The van der Waals surface area contributed by atoms with Crippen molar-refractivity contribution in [2.75, 3.05) is 6.54 Å². The molecule has 14 heavy (non-hydrogen) atoms. The number of nitrogens with zero attached hydrogens (tertiary/aromatic N) is 1. The van der Waals surface area contributed by atoms with Crippen LogP contribution in [0, 0.1) is 11.3 Å². The topological polar surface area (TPSA) is 82.0 Å². The molecule has 0 radical (unpaired) electrons. The van der Waals surface area contributed by atoms with E-state index in [1.54, 1.807) is 6.92 Å². The molecule has 1 aliphatic rings. The Morgan fingerprint density at radius 1 is 1.43 bits per heavy atom. The number of hydrogen-bond acceptors (Lipinski definition) is 3. The molecule has 0 aromatic heterocycles. The normalized spacial score (nSPS) is 20.6. The average molecular weight is 217 g/mol. The summed E-state index contributed by atoms with van der Waals surface area (Å²) >= 11 is 0. The van der Waals surface area contributed by atoms with Crippen LogP contribution in [0.4, 0.5) is 0 Å². The second kappa shape index (κ2) is 4.26. The van der Waals surface area contributed by atoms with Crippen molar-refractivity contribution in [2.24, 2.45) is 0 Å². The van der Waals surface area contributed by atoms with Crippen LogP contribution in [-0.2, 0) is 10.2 Å². The molecule has 0 saturated heterocycles. The zero-order valence-electron chi connectivity index (χ0n) is 8.21. The summed E-state index contributed by atoms with van der Waals surface area (Å²) in [7, 11) is -3.51. The fourth-order valence-electron chi connectivity index (χ4n) is 1.70. The highest BCUT2D eigenvalue weighted by Gasteiger charge is 2.37. The van der Waals surface area contributed by atoms with Crippen molar-refractivity contribution in [1.29, 1.82) is 5.26 Å². The quantitative estimate of drug-likeness (QED) is 0.709. The second-order valence-electron chi connectivity index (χ2n) is 3.50. The molecule has 80 valence electrons. The van der Waals surface area contributed by atoms with Crippen molar-refractivity contribution >= 4 is 10.2 Å². The fraction of sp³-hybridized carbons (Fsp3) is 0.875. The van der Waals surface area contributed by atoms with Crippen molar-refractivity contribution < 1.29 is 8.42 Å². The summed E-state index contributed by atoms with van der Waals surface area (Å²) in [5.74, 6) is 0. The largest absolute Gasteiger partial charge is 0.278 e. The number of nitriles is 1. The molecule has 0 atom stereocenters. The van der Waals surface area contributed by atoms with Gasteiger partial charge in [0.15, 0.2) is 0 Å². The summed E-state index contributed by atoms with van der Waals surface area (Å²) in [6, 6.07) is 2.06. The van der Waals surface area contributed by atoms with Crippen LogP contribution in [0.15, 0.2) is 0 Å². The van der Waals surface area contributed by atoms with Crippen LogP contribution in [0.3, 0.4) is 0 Å². The lowest BCUT2D eigenvalue weighted by Crippen LogP contribution is -2.49. The van der Waals surface area contributed by atoms with Crippen LogP contribution in [0.1, 0.15) is 32.6 Å². The minimum absolute atomic E-state index is 0.330. The average Bonchev–Trinajstić information content (AvgIpc) is 2.53. The minimum atomic E-state index is -3.51. The number of hydrogen-bond donors (Lipinski definition) is 2. The molecule has 1 aliphatic carbocycles. The molecule has 0 heterocycles. The molecule has 0 amide bonds. The Kier molecular flexibility index (Phi) is 3.48. The minimum Gasteiger partial charge on any atom is -0.203 e. The van der Waals surface area contributed by atoms with Crippen molar-refractivity contribution in [3.63, 3.8) is 0 Å². The first kappa shape index (κ1) is 11.4. The van der Waals surface area contributed by atoms with Gasteiger partial charge in [-0.25, -0.2) is 4.72 Å². The van der Waals surface area contributed by atoms with Crippen molar-refractivity contribution in [3.05, 3.63) is 0 Å². The van der Waals surface area contributed by atoms with E-state index in [4.69, 9.17) is 5.26 Å². The lowest BCUT2D eigenvalue weighted by atomic mass is 10.0. The van der Waals surface area contributed by atoms with Gasteiger partial charge in [0, 0.05) is 6.54 Å². The lowest BCUT2D eigenvalue weighted by Gasteiger charge is -2.21. The maximum Gasteiger partial charge on any atom is 0.278 e. The Bertz CT molecular complexity index is 325. The Balaban J connectivity index is 2.71. The second-order valence-corrected chi connectivity index (χ2v) is 5.00. The van der Waals surface area contributed by atoms with E-state index in [0.29, 0.717) is 19.4 Å². The van der Waals surface area contributed by atoms with E-state index in [9.17, 15) is 8.42 Å². The standard InChI is InChI=1S/C8H15N3O2S/c1-2-10-14(12,13)11-8(7-9)5-3-4-6-8/h10-11H,2-6H2,1H3. The summed E-state index contributed by atoms with van der Waals surface area (Å²) in [5, 5.41) is 8.94. The highest BCUT2D eigenvalue weighted by Crippen LogP contribution is 2.29. The highest BCUT2D eigenvalue weighted by atomic mass is 32.2. The van der Waals surface area contributed by atoms with Gasteiger partial charge in [0.1, 0.15) is 5.54 Å². The Morgan fingerprint density at radius 2 is 2.00 bits per heavy atom. The van der Waals surface area contributed by atoms with E-state index < -0.39 is 15.7 Å². The molecule has 2 N–H and O–H groups in total. The summed E-state index contributed by atoms with van der Waals surface area (Å²) in [4.78, 5) is 0. The predicted octanol–water partition coefficient (Wildman–Crippen LogP) is 0.267. The van der Waals surface area contributed by atoms with Gasteiger partial charge < -0.3 is 0 Å². The van der Waals surface area contributed by atoms with Gasteiger partial charge in [-0.3, -0.25) is 0 Å². The summed E-state index contributed by atoms with van der Waals surface area (Å²) in [6.07, 6.45) is 3.02. The molecule has 0 unspecified atom stereocenters. The van der Waals surface area contributed by atoms with Crippen LogP contribution >= 0.6 is 0 Å². The lowest BCUT2D eigenvalue weighted by molar-refractivity contribution is 0.479. The van der Waals surface area contributed by atoms with Gasteiger partial charge in [0.25, 0.3) is 10.2 Å². The first-order valence-electron chi connectivity index (χ1n) is 4.73. The maximum absolute atomic E-state index is 11.4. The van der Waals surface area contributed by atoms with Gasteiger partial charge in [-0.15, -0.1) is 0 Å². The van der Waals surface area contributed by atoms with Gasteiger partial charge in [-0.05, 0) is 12.8 Å². The van der Waals surface area contributed by atoms with Gasteiger partial charge in [-0.2, -0.15) is 18.4 Å². The van der Waals surface area contributed by atoms with Gasteiger partial charge >= 0.3 is 0 Å². The molecule has 1 saturated carbocycles. The van der Waals surface area contributed by atoms with Gasteiger partial charge in [0.2, 0.25) is 0 Å². The first-order chi connectivity index (χ1) is 6.54. The molecule has 0 spiro atoms. The molecule has 0 aliphatic heterocycles. The van der Waals surface area contributed by atoms with Crippen LogP contribution in [0.2, 0.25) is 0 Å². The summed E-state index contributed by atoms with van der Waals surface area (Å²) in [5.41, 5.74) is -0.874. The van der Waals surface area contributed by atoms with Gasteiger partial charge in [-0.1, -0.05) is 19.8 Å². The molecule has 0 aromatic rings. The van der Waals surface area contributed by atoms with E-state index in [-0.39, 0.29) is 0 Å². The molecule has 6 heteroatoms. The SMILES string of the molecule is CCNS(=O)(=O)NC1(C#N)CCCC1. The number of rotatable bonds is 4. The maximum atomic E-state index is 11.4. The molecule has 0 aromatic carbocycles. The van der Waals surface area contributed by atoms with Crippen LogP contribution < -0.4 is 9.44 Å². The van der Waals surface area contributed by atoms with E-state index >= 15 is 0 Å². The predicted molar refractivity (Wildman–Crippen MR) is 52.5 cm³/mol. The summed E-state index contributed by atoms with van der Waals surface area (Å²) in [6.45, 7) is 2.03. The van der Waals surface area contributed by atoms with E-state index in [0.717, 1.165) is 12.8 Å². The Hall–Kier alpha value is -0.640. The molecule has 0 bridgehead atoms. The molecule has 5 nitrogen and oxygen atoms in total. The van der Waals surface area contributed by atoms with Crippen molar-refractivity contribution in [1.82, 2.24) is 9.44 Å². The number of nitrogens with one attached hydrogen (secondary N) is 2. The summed E-state index contributed by atoms with van der Waals surface area (Å²) < 4.78 is 27.5. The van der Waals surface area contributed by atoms with Crippen molar-refractivity contribution in [3.8, 4) is 6.07 Å². The Morgan fingerprint density at radius 3 is 2.43 bits per heavy atom. The van der Waals surface area contributed by atoms with Crippen LogP contribution in [0.25, 0.3) is 0 Å². The molecule has 1 fully saturated rings. The Labute approximate surface area is 84.7 Å². The van der Waals surface area contributed by atoms with Gasteiger partial charge in [0.05, 0.1) is 6.07 Å². The zero-order valence-corrected chi connectivity index (χ0v) is 9.02. The highest BCUT2D eigenvalue weighted by molar-refractivity contribution is 7.87. The van der Waals surface area contributed by atoms with Crippen LogP contribution in [0.5, 0.6) is 0 Å².